The van der Waals surface area contributed by atoms with Crippen LogP contribution in [-0.4, -0.2) is 30.6 Å². The molecule has 88 valence electrons. The summed E-state index contributed by atoms with van der Waals surface area (Å²) in [5, 5.41) is 2.91. The van der Waals surface area contributed by atoms with Crippen LogP contribution >= 0.6 is 15.9 Å². The lowest BCUT2D eigenvalue weighted by molar-refractivity contribution is 0.0536. The zero-order valence-electron chi connectivity index (χ0n) is 8.96. The number of carbonyl (C=O) groups excluding carboxylic acids is 1. The van der Waals surface area contributed by atoms with Gasteiger partial charge < -0.3 is 15.0 Å². The quantitative estimate of drug-likeness (QED) is 0.892. The Balaban J connectivity index is 1.79. The van der Waals surface area contributed by atoms with Crippen molar-refractivity contribution >= 4 is 21.8 Å². The summed E-state index contributed by atoms with van der Waals surface area (Å²) in [5.74, 6) is 0.396. The SMILES string of the molecule is O=C(NCC1CCCOC1)c1cc(Br)c[nH]1. The fourth-order valence-corrected chi connectivity index (χ4v) is 2.14. The van der Waals surface area contributed by atoms with Gasteiger partial charge in [-0.3, -0.25) is 4.79 Å². The summed E-state index contributed by atoms with van der Waals surface area (Å²) in [5.41, 5.74) is 0.587. The van der Waals surface area contributed by atoms with Gasteiger partial charge in [-0.05, 0) is 40.8 Å². The number of nitrogens with one attached hydrogen (secondary N) is 2. The van der Waals surface area contributed by atoms with Gasteiger partial charge in [0, 0.05) is 23.8 Å². The molecular weight excluding hydrogens is 272 g/mol. The van der Waals surface area contributed by atoms with E-state index in [1.807, 2.05) is 0 Å². The highest BCUT2D eigenvalue weighted by Crippen LogP contribution is 2.13. The normalized spacial score (nSPS) is 20.7. The first-order valence-corrected chi connectivity index (χ1v) is 6.25. The number of H-pyrrole nitrogens is 1. The van der Waals surface area contributed by atoms with E-state index in [1.165, 1.54) is 0 Å². The second kappa shape index (κ2) is 5.50. The maximum atomic E-state index is 11.7. The van der Waals surface area contributed by atoms with Crippen molar-refractivity contribution in [2.45, 2.75) is 12.8 Å². The van der Waals surface area contributed by atoms with Crippen LogP contribution in [0.3, 0.4) is 0 Å². The van der Waals surface area contributed by atoms with Crippen molar-refractivity contribution in [2.75, 3.05) is 19.8 Å². The Hall–Kier alpha value is -0.810. The van der Waals surface area contributed by atoms with E-state index < -0.39 is 0 Å². The van der Waals surface area contributed by atoms with E-state index in [-0.39, 0.29) is 5.91 Å². The molecule has 5 heteroatoms. The molecule has 0 aliphatic carbocycles. The molecule has 0 bridgehead atoms. The molecule has 1 amide bonds. The number of hydrogen-bond donors (Lipinski definition) is 2. The van der Waals surface area contributed by atoms with Gasteiger partial charge in [-0.25, -0.2) is 0 Å². The fourth-order valence-electron chi connectivity index (χ4n) is 1.80. The molecule has 0 spiro atoms. The van der Waals surface area contributed by atoms with E-state index in [2.05, 4.69) is 26.2 Å². The monoisotopic (exact) mass is 286 g/mol. The first-order chi connectivity index (χ1) is 7.75. The average Bonchev–Trinajstić information content (AvgIpc) is 2.74. The molecule has 0 saturated carbocycles. The van der Waals surface area contributed by atoms with Crippen molar-refractivity contribution in [1.29, 1.82) is 0 Å². The molecule has 2 heterocycles. The number of halogens is 1. The molecule has 0 radical (unpaired) electrons. The van der Waals surface area contributed by atoms with E-state index in [0.717, 1.165) is 30.5 Å². The Morgan fingerprint density at radius 3 is 3.19 bits per heavy atom. The Morgan fingerprint density at radius 1 is 1.69 bits per heavy atom. The Kier molecular flexibility index (Phi) is 4.01. The number of aromatic nitrogens is 1. The van der Waals surface area contributed by atoms with E-state index in [1.54, 1.807) is 12.3 Å². The fraction of sp³-hybridized carbons (Fsp3) is 0.545. The summed E-state index contributed by atoms with van der Waals surface area (Å²) < 4.78 is 6.25. The molecule has 0 aromatic carbocycles. The largest absolute Gasteiger partial charge is 0.381 e. The molecule has 16 heavy (non-hydrogen) atoms. The lowest BCUT2D eigenvalue weighted by atomic mass is 10.0. The second-order valence-electron chi connectivity index (χ2n) is 4.02. The molecule has 1 unspecified atom stereocenters. The predicted molar refractivity (Wildman–Crippen MR) is 64.4 cm³/mol. The molecule has 1 aliphatic rings. The number of ether oxygens (including phenoxy) is 1. The maximum absolute atomic E-state index is 11.7. The van der Waals surface area contributed by atoms with Crippen LogP contribution in [-0.2, 0) is 4.74 Å². The van der Waals surface area contributed by atoms with Gasteiger partial charge in [0.05, 0.1) is 6.61 Å². The summed E-state index contributed by atoms with van der Waals surface area (Å²) in [6, 6.07) is 1.77. The molecule has 1 atom stereocenters. The number of hydrogen-bond acceptors (Lipinski definition) is 2. The third-order valence-electron chi connectivity index (χ3n) is 2.70. The minimum Gasteiger partial charge on any atom is -0.381 e. The van der Waals surface area contributed by atoms with Crippen LogP contribution in [0.1, 0.15) is 23.3 Å². The van der Waals surface area contributed by atoms with Crippen molar-refractivity contribution in [3.63, 3.8) is 0 Å². The van der Waals surface area contributed by atoms with E-state index >= 15 is 0 Å². The van der Waals surface area contributed by atoms with Gasteiger partial charge in [0.2, 0.25) is 0 Å². The van der Waals surface area contributed by atoms with Crippen LogP contribution < -0.4 is 5.32 Å². The maximum Gasteiger partial charge on any atom is 0.267 e. The lowest BCUT2D eigenvalue weighted by Gasteiger charge is -2.21. The van der Waals surface area contributed by atoms with Crippen molar-refractivity contribution in [3.05, 3.63) is 22.4 Å². The van der Waals surface area contributed by atoms with Gasteiger partial charge in [-0.1, -0.05) is 0 Å². The minimum atomic E-state index is -0.0590. The van der Waals surface area contributed by atoms with Crippen molar-refractivity contribution < 1.29 is 9.53 Å². The highest BCUT2D eigenvalue weighted by Gasteiger charge is 2.15. The van der Waals surface area contributed by atoms with Gasteiger partial charge >= 0.3 is 0 Å². The van der Waals surface area contributed by atoms with Crippen LogP contribution in [0, 0.1) is 5.92 Å². The van der Waals surface area contributed by atoms with Crippen molar-refractivity contribution in [1.82, 2.24) is 10.3 Å². The predicted octanol–water partition coefficient (Wildman–Crippen LogP) is 1.93. The zero-order valence-corrected chi connectivity index (χ0v) is 10.5. The van der Waals surface area contributed by atoms with Crippen LogP contribution in [0.5, 0.6) is 0 Å². The first kappa shape index (κ1) is 11.7. The second-order valence-corrected chi connectivity index (χ2v) is 4.94. The summed E-state index contributed by atoms with van der Waals surface area (Å²) in [6.07, 6.45) is 3.97. The molecule has 1 aliphatic heterocycles. The molecule has 2 N–H and O–H groups in total. The molecule has 1 fully saturated rings. The number of carbonyl (C=O) groups is 1. The van der Waals surface area contributed by atoms with Crippen LogP contribution in [0.4, 0.5) is 0 Å². The summed E-state index contributed by atoms with van der Waals surface area (Å²) in [6.45, 7) is 2.30. The number of rotatable bonds is 3. The molecular formula is C11H15BrN2O2. The molecule has 1 aromatic rings. The van der Waals surface area contributed by atoms with Gasteiger partial charge in [0.1, 0.15) is 5.69 Å². The first-order valence-electron chi connectivity index (χ1n) is 5.45. The van der Waals surface area contributed by atoms with Gasteiger partial charge in [0.25, 0.3) is 5.91 Å². The third kappa shape index (κ3) is 3.09. The Labute approximate surface area is 103 Å². The van der Waals surface area contributed by atoms with Crippen LogP contribution in [0.2, 0.25) is 0 Å². The molecule has 1 saturated heterocycles. The Morgan fingerprint density at radius 2 is 2.56 bits per heavy atom. The highest BCUT2D eigenvalue weighted by atomic mass is 79.9. The zero-order chi connectivity index (χ0) is 11.4. The van der Waals surface area contributed by atoms with Gasteiger partial charge in [-0.2, -0.15) is 0 Å². The van der Waals surface area contributed by atoms with Gasteiger partial charge in [0.15, 0.2) is 0 Å². The standard InChI is InChI=1S/C11H15BrN2O2/c12-9-4-10(13-6-9)11(15)14-5-8-2-1-3-16-7-8/h4,6,8,13H,1-3,5,7H2,(H,14,15). The number of aromatic amines is 1. The van der Waals surface area contributed by atoms with Crippen LogP contribution in [0.25, 0.3) is 0 Å². The van der Waals surface area contributed by atoms with Crippen LogP contribution in [0.15, 0.2) is 16.7 Å². The topological polar surface area (TPSA) is 54.1 Å². The van der Waals surface area contributed by atoms with E-state index in [0.29, 0.717) is 18.2 Å². The van der Waals surface area contributed by atoms with E-state index in [9.17, 15) is 4.79 Å². The summed E-state index contributed by atoms with van der Waals surface area (Å²) in [4.78, 5) is 14.6. The lowest BCUT2D eigenvalue weighted by Crippen LogP contribution is -2.33. The summed E-state index contributed by atoms with van der Waals surface area (Å²) in [7, 11) is 0. The van der Waals surface area contributed by atoms with E-state index in [4.69, 9.17) is 4.74 Å². The highest BCUT2D eigenvalue weighted by molar-refractivity contribution is 9.10. The molecule has 4 nitrogen and oxygen atoms in total. The average molecular weight is 287 g/mol. The van der Waals surface area contributed by atoms with Crippen molar-refractivity contribution in [3.8, 4) is 0 Å². The smallest absolute Gasteiger partial charge is 0.267 e. The third-order valence-corrected chi connectivity index (χ3v) is 3.16. The van der Waals surface area contributed by atoms with Gasteiger partial charge in [-0.15, -0.1) is 0 Å². The minimum absolute atomic E-state index is 0.0590. The number of amides is 1. The Bertz CT molecular complexity index is 359. The molecule has 1 aromatic heterocycles. The molecule has 2 rings (SSSR count). The summed E-state index contributed by atoms with van der Waals surface area (Å²) >= 11 is 3.30. The van der Waals surface area contributed by atoms with Crippen molar-refractivity contribution in [2.24, 2.45) is 5.92 Å².